The summed E-state index contributed by atoms with van der Waals surface area (Å²) < 4.78 is 22.5. The van der Waals surface area contributed by atoms with Crippen LogP contribution in [0.4, 0.5) is 0 Å². The molecule has 1 saturated heterocycles. The first-order valence-electron chi connectivity index (χ1n) is 11.5. The minimum atomic E-state index is -0.675. The van der Waals surface area contributed by atoms with Crippen LogP contribution < -0.4 is 14.8 Å². The lowest BCUT2D eigenvalue weighted by atomic mass is 9.93. The van der Waals surface area contributed by atoms with Crippen LogP contribution in [-0.2, 0) is 14.3 Å². The van der Waals surface area contributed by atoms with Crippen molar-refractivity contribution in [2.24, 2.45) is 0 Å². The molecule has 2 aliphatic rings. The van der Waals surface area contributed by atoms with Crippen LogP contribution in [0, 0.1) is 6.92 Å². The van der Waals surface area contributed by atoms with E-state index in [1.807, 2.05) is 52.0 Å². The van der Waals surface area contributed by atoms with Gasteiger partial charge in [-0.05, 0) is 64.4 Å². The molecule has 2 aromatic rings. The Kier molecular flexibility index (Phi) is 7.16. The van der Waals surface area contributed by atoms with Crippen molar-refractivity contribution in [2.45, 2.75) is 52.3 Å². The number of aryl methyl sites for hydroxylation is 1. The van der Waals surface area contributed by atoms with Crippen LogP contribution in [0.5, 0.6) is 11.5 Å². The van der Waals surface area contributed by atoms with E-state index in [0.717, 1.165) is 11.3 Å². The molecule has 8 nitrogen and oxygen atoms in total. The molecule has 4 rings (SSSR count). The number of carbonyl (C=O) groups is 2. The Morgan fingerprint density at radius 3 is 2.63 bits per heavy atom. The zero-order valence-electron chi connectivity index (χ0n) is 20.7. The van der Waals surface area contributed by atoms with Crippen LogP contribution >= 0.6 is 11.8 Å². The number of amides is 1. The van der Waals surface area contributed by atoms with Crippen LogP contribution in [0.15, 0.2) is 50.9 Å². The molecule has 2 atom stereocenters. The fourth-order valence-corrected chi connectivity index (χ4v) is 5.38. The lowest BCUT2D eigenvalue weighted by molar-refractivity contribution is -0.140. The summed E-state index contributed by atoms with van der Waals surface area (Å²) in [6.45, 7) is 9.53. The van der Waals surface area contributed by atoms with Gasteiger partial charge in [-0.3, -0.25) is 9.69 Å². The number of allylic oxidation sites excluding steroid dienone is 1. The first-order chi connectivity index (χ1) is 16.7. The van der Waals surface area contributed by atoms with Gasteiger partial charge in [0, 0.05) is 11.8 Å². The monoisotopic (exact) mass is 498 g/mol. The predicted octanol–water partition coefficient (Wildman–Crippen LogP) is 4.77. The maximum absolute atomic E-state index is 13.7. The predicted molar refractivity (Wildman–Crippen MR) is 134 cm³/mol. The second kappa shape index (κ2) is 10.1. The largest absolute Gasteiger partial charge is 0.493 e. The SMILES string of the molecule is CCOC(=O)C1=C(C)N[C@@H]2S/C(=C\c3ccc(C)o3)C(=O)N2[C@H]1c1ccc(OC(C)C)c(OC)c1. The molecule has 9 heteroatoms. The van der Waals surface area contributed by atoms with E-state index in [0.29, 0.717) is 33.4 Å². The number of hydrogen-bond donors (Lipinski definition) is 1. The van der Waals surface area contributed by atoms with Gasteiger partial charge in [-0.25, -0.2) is 4.79 Å². The second-order valence-electron chi connectivity index (χ2n) is 8.52. The summed E-state index contributed by atoms with van der Waals surface area (Å²) in [7, 11) is 1.56. The average molecular weight is 499 g/mol. The molecule has 0 unspecified atom stereocenters. The van der Waals surface area contributed by atoms with Crippen LogP contribution in [0.25, 0.3) is 6.08 Å². The third-order valence-electron chi connectivity index (χ3n) is 5.63. The third kappa shape index (κ3) is 4.91. The number of thioether (sulfide) groups is 1. The highest BCUT2D eigenvalue weighted by atomic mass is 32.2. The van der Waals surface area contributed by atoms with Gasteiger partial charge < -0.3 is 23.9 Å². The van der Waals surface area contributed by atoms with Crippen molar-refractivity contribution in [2.75, 3.05) is 13.7 Å². The molecular weight excluding hydrogens is 468 g/mol. The molecule has 1 N–H and O–H groups in total. The van der Waals surface area contributed by atoms with Crippen molar-refractivity contribution in [1.29, 1.82) is 0 Å². The summed E-state index contributed by atoms with van der Waals surface area (Å²) in [4.78, 5) is 28.9. The Morgan fingerprint density at radius 2 is 2.00 bits per heavy atom. The van der Waals surface area contributed by atoms with Gasteiger partial charge in [0.2, 0.25) is 0 Å². The van der Waals surface area contributed by atoms with E-state index < -0.39 is 17.5 Å². The number of furan rings is 1. The summed E-state index contributed by atoms with van der Waals surface area (Å²) in [5.41, 5.74) is 1.36. The number of ether oxygens (including phenoxy) is 3. The Balaban J connectivity index is 1.80. The molecule has 186 valence electrons. The second-order valence-corrected chi connectivity index (χ2v) is 9.64. The molecule has 0 saturated carbocycles. The first kappa shape index (κ1) is 24.8. The number of nitrogens with zero attached hydrogens (tertiary/aromatic N) is 1. The smallest absolute Gasteiger partial charge is 0.338 e. The Hall–Kier alpha value is -3.33. The van der Waals surface area contributed by atoms with E-state index in [2.05, 4.69) is 5.32 Å². The summed E-state index contributed by atoms with van der Waals surface area (Å²) >= 11 is 1.38. The van der Waals surface area contributed by atoms with E-state index in [9.17, 15) is 9.59 Å². The van der Waals surface area contributed by atoms with Crippen LogP contribution in [0.2, 0.25) is 0 Å². The molecule has 35 heavy (non-hydrogen) atoms. The average Bonchev–Trinajstić information content (AvgIpc) is 3.35. The standard InChI is InChI=1S/C26H30N2O6S/c1-7-32-25(30)22-16(5)27-26-28(24(29)21(35-26)13-18-10-8-15(4)34-18)23(22)17-9-11-19(33-14(2)3)20(12-17)31-6/h8-14,23,26-27H,7H2,1-6H3/b21-13-/t23-,26-/m0/s1. The quantitative estimate of drug-likeness (QED) is 0.432. The molecular formula is C26H30N2O6S. The zero-order valence-corrected chi connectivity index (χ0v) is 21.5. The molecule has 1 amide bonds. The number of esters is 1. The first-order valence-corrected chi connectivity index (χ1v) is 12.4. The highest BCUT2D eigenvalue weighted by Gasteiger charge is 2.48. The topological polar surface area (TPSA) is 90.2 Å². The van der Waals surface area contributed by atoms with E-state index >= 15 is 0 Å². The number of hydrogen-bond acceptors (Lipinski definition) is 8. The van der Waals surface area contributed by atoms with Gasteiger partial charge in [0.05, 0.1) is 36.3 Å². The van der Waals surface area contributed by atoms with E-state index in [1.54, 1.807) is 31.1 Å². The molecule has 0 spiro atoms. The summed E-state index contributed by atoms with van der Waals surface area (Å²) in [6, 6.07) is 8.47. The lowest BCUT2D eigenvalue weighted by Gasteiger charge is -2.39. The number of benzene rings is 1. The Bertz CT molecular complexity index is 1200. The highest BCUT2D eigenvalue weighted by Crippen LogP contribution is 2.47. The van der Waals surface area contributed by atoms with Crippen molar-refractivity contribution in [3.05, 3.63) is 63.6 Å². The summed E-state index contributed by atoms with van der Waals surface area (Å²) in [5.74, 6) is 1.79. The van der Waals surface area contributed by atoms with Gasteiger partial charge in [-0.15, -0.1) is 0 Å². The number of rotatable bonds is 7. The van der Waals surface area contributed by atoms with Crippen molar-refractivity contribution in [3.63, 3.8) is 0 Å². The molecule has 0 aliphatic carbocycles. The molecule has 1 aromatic heterocycles. The Labute approximate surface area is 209 Å². The minimum Gasteiger partial charge on any atom is -0.493 e. The zero-order chi connectivity index (χ0) is 25.3. The lowest BCUT2D eigenvalue weighted by Crippen LogP contribution is -2.50. The van der Waals surface area contributed by atoms with Crippen molar-refractivity contribution in [3.8, 4) is 11.5 Å². The number of carbonyl (C=O) groups excluding carboxylic acids is 2. The van der Waals surface area contributed by atoms with Crippen molar-refractivity contribution >= 4 is 29.7 Å². The molecule has 0 radical (unpaired) electrons. The highest BCUT2D eigenvalue weighted by molar-refractivity contribution is 8.05. The van der Waals surface area contributed by atoms with Gasteiger partial charge in [-0.1, -0.05) is 17.8 Å². The summed E-state index contributed by atoms with van der Waals surface area (Å²) in [5, 5.41) is 3.30. The van der Waals surface area contributed by atoms with Crippen LogP contribution in [0.1, 0.15) is 50.8 Å². The molecule has 1 fully saturated rings. The fraction of sp³-hybridized carbons (Fsp3) is 0.385. The van der Waals surface area contributed by atoms with Gasteiger partial charge in [0.1, 0.15) is 11.5 Å². The number of nitrogens with one attached hydrogen (secondary N) is 1. The van der Waals surface area contributed by atoms with E-state index in [4.69, 9.17) is 18.6 Å². The summed E-state index contributed by atoms with van der Waals surface area (Å²) in [6.07, 6.45) is 1.70. The van der Waals surface area contributed by atoms with Crippen LogP contribution in [-0.4, -0.2) is 42.1 Å². The minimum absolute atomic E-state index is 0.0373. The number of fused-ring (bicyclic) bond motifs is 1. The fourth-order valence-electron chi connectivity index (χ4n) is 4.18. The van der Waals surface area contributed by atoms with Gasteiger partial charge >= 0.3 is 5.97 Å². The third-order valence-corrected chi connectivity index (χ3v) is 6.74. The van der Waals surface area contributed by atoms with Crippen molar-refractivity contribution in [1.82, 2.24) is 10.2 Å². The Morgan fingerprint density at radius 1 is 1.23 bits per heavy atom. The molecule has 0 bridgehead atoms. The van der Waals surface area contributed by atoms with E-state index in [-0.39, 0.29) is 18.6 Å². The molecule has 3 heterocycles. The van der Waals surface area contributed by atoms with E-state index in [1.165, 1.54) is 11.8 Å². The maximum Gasteiger partial charge on any atom is 0.338 e. The van der Waals surface area contributed by atoms with Gasteiger partial charge in [-0.2, -0.15) is 0 Å². The van der Waals surface area contributed by atoms with Gasteiger partial charge in [0.15, 0.2) is 17.0 Å². The molecule has 1 aromatic carbocycles. The number of methoxy groups -OCH3 is 1. The molecule has 2 aliphatic heterocycles. The van der Waals surface area contributed by atoms with Crippen molar-refractivity contribution < 1.29 is 28.2 Å². The van der Waals surface area contributed by atoms with Gasteiger partial charge in [0.25, 0.3) is 5.91 Å². The van der Waals surface area contributed by atoms with Crippen LogP contribution in [0.3, 0.4) is 0 Å². The maximum atomic E-state index is 13.7. The normalized spacial score (nSPS) is 20.8.